The molecule has 0 aliphatic carbocycles. The molecule has 0 spiro atoms. The molecule has 0 unspecified atom stereocenters. The molecule has 0 bridgehead atoms. The van der Waals surface area contributed by atoms with Crippen molar-refractivity contribution >= 4 is 5.95 Å². The molecule has 1 aromatic heterocycles. The predicted octanol–water partition coefficient (Wildman–Crippen LogP) is 0.967. The van der Waals surface area contributed by atoms with Crippen molar-refractivity contribution < 1.29 is 0 Å². The van der Waals surface area contributed by atoms with Crippen molar-refractivity contribution in [1.82, 2.24) is 15.3 Å². The van der Waals surface area contributed by atoms with Gasteiger partial charge in [-0.25, -0.2) is 9.97 Å². The molecule has 1 fully saturated rings. The molecule has 0 saturated carbocycles. The summed E-state index contributed by atoms with van der Waals surface area (Å²) in [6.45, 7) is 1.10. The molecule has 2 rings (SSSR count). The second-order valence-corrected chi connectivity index (χ2v) is 3.82. The molecule has 1 saturated heterocycles. The van der Waals surface area contributed by atoms with Crippen LogP contribution in [0.3, 0.4) is 0 Å². The maximum absolute atomic E-state index is 4.51. The van der Waals surface area contributed by atoms with E-state index in [9.17, 15) is 0 Å². The van der Waals surface area contributed by atoms with Crippen LogP contribution in [0.4, 0.5) is 5.95 Å². The first-order chi connectivity index (χ1) is 6.77. The highest BCUT2D eigenvalue weighted by atomic mass is 15.2. The van der Waals surface area contributed by atoms with Gasteiger partial charge in [-0.05, 0) is 25.5 Å². The van der Waals surface area contributed by atoms with Gasteiger partial charge >= 0.3 is 0 Å². The SMILES string of the molecule is CN(C)c1nccc([C@@H]2CCCN2)n1. The third-order valence-electron chi connectivity index (χ3n) is 2.48. The van der Waals surface area contributed by atoms with Crippen molar-refractivity contribution in [3.05, 3.63) is 18.0 Å². The van der Waals surface area contributed by atoms with Crippen LogP contribution in [0.5, 0.6) is 0 Å². The van der Waals surface area contributed by atoms with Crippen LogP contribution >= 0.6 is 0 Å². The van der Waals surface area contributed by atoms with Gasteiger partial charge in [0.2, 0.25) is 5.95 Å². The molecule has 0 amide bonds. The summed E-state index contributed by atoms with van der Waals surface area (Å²) in [7, 11) is 3.92. The van der Waals surface area contributed by atoms with Gasteiger partial charge in [0.1, 0.15) is 0 Å². The first-order valence-electron chi connectivity index (χ1n) is 5.01. The molecule has 1 aliphatic heterocycles. The zero-order valence-corrected chi connectivity index (χ0v) is 8.70. The lowest BCUT2D eigenvalue weighted by Gasteiger charge is -2.13. The van der Waals surface area contributed by atoms with Gasteiger partial charge < -0.3 is 10.2 Å². The normalized spacial score (nSPS) is 21.1. The zero-order chi connectivity index (χ0) is 9.97. The van der Waals surface area contributed by atoms with Crippen LogP contribution in [-0.2, 0) is 0 Å². The highest BCUT2D eigenvalue weighted by Crippen LogP contribution is 2.21. The molecule has 4 heteroatoms. The van der Waals surface area contributed by atoms with E-state index in [1.807, 2.05) is 31.3 Å². The monoisotopic (exact) mass is 192 g/mol. The number of nitrogens with one attached hydrogen (secondary N) is 1. The van der Waals surface area contributed by atoms with Gasteiger partial charge in [-0.1, -0.05) is 0 Å². The van der Waals surface area contributed by atoms with Crippen molar-refractivity contribution in [3.8, 4) is 0 Å². The minimum Gasteiger partial charge on any atom is -0.347 e. The van der Waals surface area contributed by atoms with Crippen LogP contribution in [0.25, 0.3) is 0 Å². The maximum atomic E-state index is 4.51. The molecule has 2 heterocycles. The quantitative estimate of drug-likeness (QED) is 0.758. The lowest BCUT2D eigenvalue weighted by molar-refractivity contribution is 0.625. The molecule has 14 heavy (non-hydrogen) atoms. The first kappa shape index (κ1) is 9.40. The van der Waals surface area contributed by atoms with Crippen molar-refractivity contribution in [2.24, 2.45) is 0 Å². The predicted molar refractivity (Wildman–Crippen MR) is 56.3 cm³/mol. The second-order valence-electron chi connectivity index (χ2n) is 3.82. The number of anilines is 1. The van der Waals surface area contributed by atoms with Crippen LogP contribution in [0.15, 0.2) is 12.3 Å². The van der Waals surface area contributed by atoms with Gasteiger partial charge in [0.15, 0.2) is 0 Å². The van der Waals surface area contributed by atoms with Crippen molar-refractivity contribution in [2.45, 2.75) is 18.9 Å². The Morgan fingerprint density at radius 3 is 3.00 bits per heavy atom. The molecule has 1 aliphatic rings. The highest BCUT2D eigenvalue weighted by Gasteiger charge is 2.17. The summed E-state index contributed by atoms with van der Waals surface area (Å²) in [5.74, 6) is 0.788. The van der Waals surface area contributed by atoms with Gasteiger partial charge in [0.25, 0.3) is 0 Å². The molecule has 1 N–H and O–H groups in total. The fourth-order valence-electron chi connectivity index (χ4n) is 1.71. The van der Waals surface area contributed by atoms with Crippen LogP contribution in [0.2, 0.25) is 0 Å². The van der Waals surface area contributed by atoms with Crippen molar-refractivity contribution in [2.75, 3.05) is 25.5 Å². The van der Waals surface area contributed by atoms with E-state index in [0.717, 1.165) is 18.2 Å². The van der Waals surface area contributed by atoms with Crippen LogP contribution < -0.4 is 10.2 Å². The molecule has 0 aromatic carbocycles. The second kappa shape index (κ2) is 3.92. The van der Waals surface area contributed by atoms with Gasteiger partial charge in [0, 0.05) is 26.3 Å². The fourth-order valence-corrected chi connectivity index (χ4v) is 1.71. The Morgan fingerprint density at radius 1 is 1.50 bits per heavy atom. The number of aromatic nitrogens is 2. The van der Waals surface area contributed by atoms with E-state index in [2.05, 4.69) is 15.3 Å². The van der Waals surface area contributed by atoms with Gasteiger partial charge in [-0.2, -0.15) is 0 Å². The zero-order valence-electron chi connectivity index (χ0n) is 8.70. The largest absolute Gasteiger partial charge is 0.347 e. The summed E-state index contributed by atoms with van der Waals surface area (Å²) < 4.78 is 0. The average Bonchev–Trinajstić information content (AvgIpc) is 2.71. The summed E-state index contributed by atoms with van der Waals surface area (Å²) in [6.07, 6.45) is 4.26. The van der Waals surface area contributed by atoms with E-state index in [1.54, 1.807) is 0 Å². The van der Waals surface area contributed by atoms with E-state index in [4.69, 9.17) is 0 Å². The van der Waals surface area contributed by atoms with Crippen molar-refractivity contribution in [1.29, 1.82) is 0 Å². The van der Waals surface area contributed by atoms with Gasteiger partial charge in [-0.15, -0.1) is 0 Å². The minimum atomic E-state index is 0.427. The molecule has 0 radical (unpaired) electrons. The Hall–Kier alpha value is -1.16. The molecular weight excluding hydrogens is 176 g/mol. The Morgan fingerprint density at radius 2 is 2.36 bits per heavy atom. The van der Waals surface area contributed by atoms with Crippen LogP contribution in [-0.4, -0.2) is 30.6 Å². The van der Waals surface area contributed by atoms with E-state index in [1.165, 1.54) is 12.8 Å². The van der Waals surface area contributed by atoms with E-state index in [0.29, 0.717) is 6.04 Å². The Kier molecular flexibility index (Phi) is 2.63. The first-order valence-corrected chi connectivity index (χ1v) is 5.01. The summed E-state index contributed by atoms with van der Waals surface area (Å²) in [6, 6.07) is 2.42. The molecular formula is C10H16N4. The van der Waals surface area contributed by atoms with Crippen LogP contribution in [0.1, 0.15) is 24.6 Å². The van der Waals surface area contributed by atoms with E-state index in [-0.39, 0.29) is 0 Å². The molecule has 1 atom stereocenters. The number of rotatable bonds is 2. The number of hydrogen-bond donors (Lipinski definition) is 1. The standard InChI is InChI=1S/C10H16N4/c1-14(2)10-12-7-5-9(13-10)8-4-3-6-11-8/h5,7-8,11H,3-4,6H2,1-2H3/t8-/m0/s1. The Balaban J connectivity index is 2.21. The maximum Gasteiger partial charge on any atom is 0.225 e. The fraction of sp³-hybridized carbons (Fsp3) is 0.600. The number of hydrogen-bond acceptors (Lipinski definition) is 4. The third kappa shape index (κ3) is 1.85. The van der Waals surface area contributed by atoms with Crippen LogP contribution in [0, 0.1) is 0 Å². The minimum absolute atomic E-state index is 0.427. The summed E-state index contributed by atoms with van der Waals surface area (Å²) >= 11 is 0. The topological polar surface area (TPSA) is 41.1 Å². The highest BCUT2D eigenvalue weighted by molar-refractivity contribution is 5.28. The average molecular weight is 192 g/mol. The summed E-state index contributed by atoms with van der Waals surface area (Å²) in [4.78, 5) is 10.6. The lowest BCUT2D eigenvalue weighted by atomic mass is 10.1. The van der Waals surface area contributed by atoms with E-state index >= 15 is 0 Å². The summed E-state index contributed by atoms with van der Waals surface area (Å²) in [5.41, 5.74) is 1.11. The van der Waals surface area contributed by atoms with E-state index < -0.39 is 0 Å². The summed E-state index contributed by atoms with van der Waals surface area (Å²) in [5, 5.41) is 3.43. The smallest absolute Gasteiger partial charge is 0.225 e. The third-order valence-corrected chi connectivity index (χ3v) is 2.48. The Bertz CT molecular complexity index is 305. The molecule has 1 aromatic rings. The number of nitrogens with zero attached hydrogens (tertiary/aromatic N) is 3. The van der Waals surface area contributed by atoms with Gasteiger partial charge in [-0.3, -0.25) is 0 Å². The molecule has 4 nitrogen and oxygen atoms in total. The van der Waals surface area contributed by atoms with Crippen molar-refractivity contribution in [3.63, 3.8) is 0 Å². The molecule has 76 valence electrons. The Labute approximate surface area is 84.4 Å². The lowest BCUT2D eigenvalue weighted by Crippen LogP contribution is -2.18. The van der Waals surface area contributed by atoms with Gasteiger partial charge in [0.05, 0.1) is 5.69 Å².